The molecule has 3 heterocycles. The zero-order chi connectivity index (χ0) is 20.5. The summed E-state index contributed by atoms with van der Waals surface area (Å²) < 4.78 is 16.2. The first kappa shape index (κ1) is 19.7. The zero-order valence-corrected chi connectivity index (χ0v) is 16.5. The van der Waals surface area contributed by atoms with Crippen molar-refractivity contribution in [1.82, 2.24) is 9.47 Å². The Hall–Kier alpha value is -2.61. The van der Waals surface area contributed by atoms with E-state index in [9.17, 15) is 18.8 Å². The summed E-state index contributed by atoms with van der Waals surface area (Å²) in [6.07, 6.45) is 0.844. The number of pyridine rings is 1. The average molecular weight is 416 g/mol. The van der Waals surface area contributed by atoms with Crippen molar-refractivity contribution in [3.05, 3.63) is 58.3 Å². The van der Waals surface area contributed by atoms with Gasteiger partial charge in [0.05, 0.1) is 11.5 Å². The van der Waals surface area contributed by atoms with Crippen LogP contribution in [0.15, 0.2) is 41.2 Å². The summed E-state index contributed by atoms with van der Waals surface area (Å²) in [7, 11) is 0. The van der Waals surface area contributed by atoms with E-state index >= 15 is 0 Å². The van der Waals surface area contributed by atoms with Crippen molar-refractivity contribution in [3.63, 3.8) is 0 Å². The van der Waals surface area contributed by atoms with E-state index in [1.165, 1.54) is 12.1 Å². The Balaban J connectivity index is 1.65. The number of carboxylic acids is 1. The van der Waals surface area contributed by atoms with Crippen molar-refractivity contribution < 1.29 is 19.1 Å². The van der Waals surface area contributed by atoms with Crippen LogP contribution < -0.4 is 5.56 Å². The van der Waals surface area contributed by atoms with Gasteiger partial charge < -0.3 is 14.6 Å². The van der Waals surface area contributed by atoms with Crippen LogP contribution in [0.1, 0.15) is 18.0 Å². The monoisotopic (exact) mass is 416 g/mol. The van der Waals surface area contributed by atoms with Gasteiger partial charge in [0.2, 0.25) is 5.91 Å². The standard InChI is InChI=1S/C21H21FN2O4S/c22-17-4-2-1-3-15(17)16-5-6-18(25)24-9-13-7-14(21(16)24)10-23(8-13)19(26)11-29-12-20(27)28/h1-6,13-14H,7-12H2,(H,27,28)/t13-,14+/m0/s1. The van der Waals surface area contributed by atoms with Gasteiger partial charge in [-0.2, -0.15) is 0 Å². The number of nitrogens with zero attached hydrogens (tertiary/aromatic N) is 2. The fourth-order valence-corrected chi connectivity index (χ4v) is 5.08. The molecule has 0 radical (unpaired) electrons. The quantitative estimate of drug-likeness (QED) is 0.810. The number of fused-ring (bicyclic) bond motifs is 4. The Morgan fingerprint density at radius 3 is 2.62 bits per heavy atom. The molecule has 8 heteroatoms. The van der Waals surface area contributed by atoms with Crippen LogP contribution in [0.3, 0.4) is 0 Å². The van der Waals surface area contributed by atoms with E-state index in [0.717, 1.165) is 23.9 Å². The lowest BCUT2D eigenvalue weighted by Gasteiger charge is -2.43. The highest BCUT2D eigenvalue weighted by Gasteiger charge is 2.38. The van der Waals surface area contributed by atoms with Crippen LogP contribution in [0.4, 0.5) is 4.39 Å². The summed E-state index contributed by atoms with van der Waals surface area (Å²) in [5.74, 6) is -1.27. The average Bonchev–Trinajstić information content (AvgIpc) is 2.69. The molecule has 2 bridgehead atoms. The third-order valence-electron chi connectivity index (χ3n) is 5.56. The van der Waals surface area contributed by atoms with Gasteiger partial charge in [-0.25, -0.2) is 4.39 Å². The number of benzene rings is 1. The zero-order valence-electron chi connectivity index (χ0n) is 15.7. The number of aliphatic carboxylic acids is 1. The van der Waals surface area contributed by atoms with Crippen LogP contribution in [0.25, 0.3) is 11.1 Å². The maximum absolute atomic E-state index is 14.5. The Kier molecular flexibility index (Phi) is 5.45. The van der Waals surface area contributed by atoms with Gasteiger partial charge in [-0.1, -0.05) is 18.2 Å². The fourth-order valence-electron chi connectivity index (χ4n) is 4.44. The van der Waals surface area contributed by atoms with Crippen LogP contribution in [-0.4, -0.2) is 51.0 Å². The highest BCUT2D eigenvalue weighted by Crippen LogP contribution is 2.40. The van der Waals surface area contributed by atoms with Crippen LogP contribution in [-0.2, 0) is 16.1 Å². The number of likely N-dealkylation sites (tertiary alicyclic amines) is 1. The first-order chi connectivity index (χ1) is 13.9. The van der Waals surface area contributed by atoms with E-state index < -0.39 is 5.97 Å². The fraction of sp³-hybridized carbons (Fsp3) is 0.381. The number of piperidine rings is 1. The minimum absolute atomic E-state index is 0.0561. The molecule has 4 rings (SSSR count). The molecule has 2 aliphatic rings. The van der Waals surface area contributed by atoms with Crippen molar-refractivity contribution in [2.24, 2.45) is 5.92 Å². The lowest BCUT2D eigenvalue weighted by Crippen LogP contribution is -2.49. The Morgan fingerprint density at radius 2 is 1.86 bits per heavy atom. The Morgan fingerprint density at radius 1 is 1.07 bits per heavy atom. The highest BCUT2D eigenvalue weighted by molar-refractivity contribution is 8.00. The normalized spacial score (nSPS) is 20.2. The smallest absolute Gasteiger partial charge is 0.313 e. The molecule has 0 unspecified atom stereocenters. The summed E-state index contributed by atoms with van der Waals surface area (Å²) in [4.78, 5) is 37.5. The van der Waals surface area contributed by atoms with Gasteiger partial charge in [-0.05, 0) is 24.5 Å². The van der Waals surface area contributed by atoms with E-state index in [0.29, 0.717) is 30.8 Å². The van der Waals surface area contributed by atoms with Gasteiger partial charge in [0.15, 0.2) is 0 Å². The number of carboxylic acid groups (broad SMARTS) is 1. The van der Waals surface area contributed by atoms with Crippen LogP contribution in [0.5, 0.6) is 0 Å². The number of carbonyl (C=O) groups is 2. The number of rotatable bonds is 5. The van der Waals surface area contributed by atoms with Crippen LogP contribution in [0, 0.1) is 11.7 Å². The summed E-state index contributed by atoms with van der Waals surface area (Å²) in [6.45, 7) is 1.51. The number of thioether (sulfide) groups is 1. The minimum atomic E-state index is -0.943. The molecule has 1 amide bonds. The summed E-state index contributed by atoms with van der Waals surface area (Å²) in [5.41, 5.74) is 1.83. The van der Waals surface area contributed by atoms with E-state index in [4.69, 9.17) is 5.11 Å². The third kappa shape index (κ3) is 3.94. The van der Waals surface area contributed by atoms with Crippen molar-refractivity contribution in [2.75, 3.05) is 24.6 Å². The van der Waals surface area contributed by atoms with E-state index in [-0.39, 0.29) is 40.6 Å². The predicted molar refractivity (Wildman–Crippen MR) is 108 cm³/mol. The van der Waals surface area contributed by atoms with E-state index in [1.54, 1.807) is 33.7 Å². The first-order valence-corrected chi connectivity index (χ1v) is 10.7. The molecule has 1 N–H and O–H groups in total. The molecule has 2 aromatic rings. The maximum Gasteiger partial charge on any atom is 0.313 e. The molecule has 0 spiro atoms. The second-order valence-electron chi connectivity index (χ2n) is 7.54. The number of hydrogen-bond acceptors (Lipinski definition) is 4. The molecule has 1 aromatic carbocycles. The Bertz CT molecular complexity index is 1020. The summed E-state index contributed by atoms with van der Waals surface area (Å²) in [5, 5.41) is 8.76. The molecule has 1 saturated heterocycles. The van der Waals surface area contributed by atoms with Gasteiger partial charge >= 0.3 is 5.97 Å². The van der Waals surface area contributed by atoms with Gasteiger partial charge in [0.25, 0.3) is 5.56 Å². The second kappa shape index (κ2) is 8.02. The number of carbonyl (C=O) groups excluding carboxylic acids is 1. The molecule has 1 aromatic heterocycles. The molecule has 0 aliphatic carbocycles. The van der Waals surface area contributed by atoms with Gasteiger partial charge in [-0.3, -0.25) is 14.4 Å². The predicted octanol–water partition coefficient (Wildman–Crippen LogP) is 2.42. The SMILES string of the molecule is O=C(O)CSCC(=O)N1C[C@@H]2C[C@H](C1)c1c(-c3ccccc3F)ccc(=O)n1C2. The third-order valence-corrected chi connectivity index (χ3v) is 6.46. The number of halogens is 1. The lowest BCUT2D eigenvalue weighted by molar-refractivity contribution is -0.133. The largest absolute Gasteiger partial charge is 0.481 e. The topological polar surface area (TPSA) is 79.6 Å². The molecule has 0 saturated carbocycles. The summed E-state index contributed by atoms with van der Waals surface area (Å²) >= 11 is 1.09. The molecule has 6 nitrogen and oxygen atoms in total. The molecular formula is C21H21FN2O4S. The highest BCUT2D eigenvalue weighted by atomic mass is 32.2. The van der Waals surface area contributed by atoms with Gasteiger partial charge in [-0.15, -0.1) is 11.8 Å². The van der Waals surface area contributed by atoms with Crippen LogP contribution in [0.2, 0.25) is 0 Å². The molecule has 1 fully saturated rings. The van der Waals surface area contributed by atoms with Crippen molar-refractivity contribution in [3.8, 4) is 11.1 Å². The van der Waals surface area contributed by atoms with Crippen molar-refractivity contribution in [1.29, 1.82) is 0 Å². The number of aromatic nitrogens is 1. The lowest BCUT2D eigenvalue weighted by atomic mass is 9.80. The number of hydrogen-bond donors (Lipinski definition) is 1. The molecule has 2 aliphatic heterocycles. The molecule has 2 atom stereocenters. The van der Waals surface area contributed by atoms with Crippen molar-refractivity contribution in [2.45, 2.75) is 18.9 Å². The van der Waals surface area contributed by atoms with Gasteiger partial charge in [0.1, 0.15) is 5.82 Å². The molecular weight excluding hydrogens is 395 g/mol. The molecule has 29 heavy (non-hydrogen) atoms. The van der Waals surface area contributed by atoms with Crippen LogP contribution >= 0.6 is 11.8 Å². The second-order valence-corrected chi connectivity index (χ2v) is 8.53. The first-order valence-electron chi connectivity index (χ1n) is 9.50. The minimum Gasteiger partial charge on any atom is -0.481 e. The molecule has 152 valence electrons. The Labute approximate surface area is 171 Å². The summed E-state index contributed by atoms with van der Waals surface area (Å²) in [6, 6.07) is 9.67. The van der Waals surface area contributed by atoms with Crippen molar-refractivity contribution >= 4 is 23.6 Å². The van der Waals surface area contributed by atoms with E-state index in [1.807, 2.05) is 0 Å². The van der Waals surface area contributed by atoms with Gasteiger partial charge in [0, 0.05) is 48.4 Å². The maximum atomic E-state index is 14.5. The number of amides is 1. The van der Waals surface area contributed by atoms with E-state index in [2.05, 4.69) is 0 Å².